The number of amides is 1. The van der Waals surface area contributed by atoms with Crippen molar-refractivity contribution in [2.45, 2.75) is 19.8 Å². The number of hydrogen-bond donors (Lipinski definition) is 2. The van der Waals surface area contributed by atoms with Crippen LogP contribution in [0.15, 0.2) is 0 Å². The van der Waals surface area contributed by atoms with Gasteiger partial charge in [-0.15, -0.1) is 0 Å². The van der Waals surface area contributed by atoms with E-state index in [0.29, 0.717) is 12.5 Å². The standard InChI is InChI=1S/C10H18N2O2/c1-10(6-12-9(13)14-7-10)8-2-4-11-5-3-8/h8,11H,2-7H2,1H3,(H,12,13). The summed E-state index contributed by atoms with van der Waals surface area (Å²) in [5.41, 5.74) is 0.135. The Hall–Kier alpha value is -0.770. The van der Waals surface area contributed by atoms with Gasteiger partial charge in [0.15, 0.2) is 0 Å². The van der Waals surface area contributed by atoms with E-state index >= 15 is 0 Å². The SMILES string of the molecule is CC1(C2CCNCC2)CNC(=O)OC1. The minimum atomic E-state index is -0.267. The van der Waals surface area contributed by atoms with Crippen molar-refractivity contribution in [1.82, 2.24) is 10.6 Å². The molecule has 0 bridgehead atoms. The molecule has 2 fully saturated rings. The molecule has 4 heteroatoms. The molecule has 2 aliphatic rings. The molecule has 0 aliphatic carbocycles. The van der Waals surface area contributed by atoms with E-state index in [-0.39, 0.29) is 11.5 Å². The normalized spacial score (nSPS) is 34.8. The topological polar surface area (TPSA) is 50.4 Å². The molecule has 14 heavy (non-hydrogen) atoms. The van der Waals surface area contributed by atoms with Gasteiger partial charge in [-0.05, 0) is 31.8 Å². The second-order valence-electron chi connectivity index (χ2n) is 4.61. The van der Waals surface area contributed by atoms with Gasteiger partial charge >= 0.3 is 6.09 Å². The van der Waals surface area contributed by atoms with E-state index in [0.717, 1.165) is 19.6 Å². The van der Waals surface area contributed by atoms with E-state index < -0.39 is 0 Å². The van der Waals surface area contributed by atoms with Crippen LogP contribution in [0, 0.1) is 11.3 Å². The van der Waals surface area contributed by atoms with E-state index in [4.69, 9.17) is 4.74 Å². The molecular weight excluding hydrogens is 180 g/mol. The van der Waals surface area contributed by atoms with Crippen molar-refractivity contribution < 1.29 is 9.53 Å². The third kappa shape index (κ3) is 1.85. The molecule has 2 saturated heterocycles. The molecule has 4 nitrogen and oxygen atoms in total. The molecule has 0 aromatic heterocycles. The number of rotatable bonds is 1. The van der Waals surface area contributed by atoms with Crippen molar-refractivity contribution in [2.75, 3.05) is 26.2 Å². The predicted molar refractivity (Wildman–Crippen MR) is 53.1 cm³/mol. The molecule has 0 aromatic rings. The number of carbonyl (C=O) groups is 1. The van der Waals surface area contributed by atoms with Crippen LogP contribution in [0.1, 0.15) is 19.8 Å². The third-order valence-electron chi connectivity index (χ3n) is 3.49. The van der Waals surface area contributed by atoms with Crippen LogP contribution in [0.3, 0.4) is 0 Å². The first kappa shape index (κ1) is 9.77. The van der Waals surface area contributed by atoms with Crippen molar-refractivity contribution in [3.63, 3.8) is 0 Å². The fraction of sp³-hybridized carbons (Fsp3) is 0.900. The molecule has 80 valence electrons. The predicted octanol–water partition coefficient (Wildman–Crippen LogP) is 0.732. The summed E-state index contributed by atoms with van der Waals surface area (Å²) >= 11 is 0. The zero-order valence-electron chi connectivity index (χ0n) is 8.64. The molecule has 2 rings (SSSR count). The Balaban J connectivity index is 1.96. The number of ether oxygens (including phenoxy) is 1. The largest absolute Gasteiger partial charge is 0.449 e. The number of piperidine rings is 1. The van der Waals surface area contributed by atoms with Gasteiger partial charge in [-0.2, -0.15) is 0 Å². The number of alkyl carbamates (subject to hydrolysis) is 1. The van der Waals surface area contributed by atoms with Gasteiger partial charge in [-0.3, -0.25) is 0 Å². The lowest BCUT2D eigenvalue weighted by molar-refractivity contribution is 0.0142. The lowest BCUT2D eigenvalue weighted by Crippen LogP contribution is -2.51. The second kappa shape index (κ2) is 3.77. The highest BCUT2D eigenvalue weighted by atomic mass is 16.6. The molecule has 2 heterocycles. The Morgan fingerprint density at radius 2 is 2.14 bits per heavy atom. The molecule has 2 N–H and O–H groups in total. The average molecular weight is 198 g/mol. The van der Waals surface area contributed by atoms with Crippen LogP contribution in [0.25, 0.3) is 0 Å². The van der Waals surface area contributed by atoms with Crippen LogP contribution < -0.4 is 10.6 Å². The number of carbonyl (C=O) groups excluding carboxylic acids is 1. The summed E-state index contributed by atoms with van der Waals surface area (Å²) in [4.78, 5) is 10.9. The van der Waals surface area contributed by atoms with Gasteiger partial charge in [-0.1, -0.05) is 6.92 Å². The molecule has 0 saturated carbocycles. The van der Waals surface area contributed by atoms with Crippen LogP contribution in [0.4, 0.5) is 4.79 Å². The Labute approximate surface area is 84.4 Å². The Morgan fingerprint density at radius 1 is 1.43 bits per heavy atom. The average Bonchev–Trinajstić information content (AvgIpc) is 2.24. The minimum Gasteiger partial charge on any atom is -0.449 e. The lowest BCUT2D eigenvalue weighted by atomic mass is 9.72. The van der Waals surface area contributed by atoms with Gasteiger partial charge < -0.3 is 15.4 Å². The highest BCUT2D eigenvalue weighted by molar-refractivity contribution is 5.68. The van der Waals surface area contributed by atoms with Crippen LogP contribution in [0.5, 0.6) is 0 Å². The molecule has 2 aliphatic heterocycles. The second-order valence-corrected chi connectivity index (χ2v) is 4.61. The van der Waals surface area contributed by atoms with Crippen molar-refractivity contribution in [1.29, 1.82) is 0 Å². The molecule has 1 unspecified atom stereocenters. The van der Waals surface area contributed by atoms with Gasteiger partial charge in [0.2, 0.25) is 0 Å². The maximum atomic E-state index is 10.9. The van der Waals surface area contributed by atoms with E-state index in [2.05, 4.69) is 17.6 Å². The summed E-state index contributed by atoms with van der Waals surface area (Å²) in [6, 6.07) is 0. The van der Waals surface area contributed by atoms with Gasteiger partial charge in [0.1, 0.15) is 6.61 Å². The summed E-state index contributed by atoms with van der Waals surface area (Å²) in [5.74, 6) is 0.671. The summed E-state index contributed by atoms with van der Waals surface area (Å²) < 4.78 is 5.08. The quantitative estimate of drug-likeness (QED) is 0.653. The minimum absolute atomic E-state index is 0.135. The smallest absolute Gasteiger partial charge is 0.407 e. The lowest BCUT2D eigenvalue weighted by Gasteiger charge is -2.41. The first-order chi connectivity index (χ1) is 6.71. The zero-order valence-corrected chi connectivity index (χ0v) is 8.64. The molecule has 1 amide bonds. The van der Waals surface area contributed by atoms with Crippen molar-refractivity contribution in [3.05, 3.63) is 0 Å². The molecule has 0 radical (unpaired) electrons. The molecule has 0 spiro atoms. The Kier molecular flexibility index (Phi) is 2.63. The third-order valence-corrected chi connectivity index (χ3v) is 3.49. The van der Waals surface area contributed by atoms with E-state index in [1.165, 1.54) is 12.8 Å². The number of cyclic esters (lactones) is 1. The summed E-state index contributed by atoms with van der Waals surface area (Å²) in [6.07, 6.45) is 2.11. The van der Waals surface area contributed by atoms with Gasteiger partial charge in [-0.25, -0.2) is 4.79 Å². The fourth-order valence-corrected chi connectivity index (χ4v) is 2.39. The Morgan fingerprint density at radius 3 is 2.71 bits per heavy atom. The van der Waals surface area contributed by atoms with E-state index in [9.17, 15) is 4.79 Å². The Bertz CT molecular complexity index is 214. The molecule has 1 atom stereocenters. The number of hydrogen-bond acceptors (Lipinski definition) is 3. The van der Waals surface area contributed by atoms with Crippen LogP contribution in [0.2, 0.25) is 0 Å². The monoisotopic (exact) mass is 198 g/mol. The van der Waals surface area contributed by atoms with Crippen molar-refractivity contribution in [3.8, 4) is 0 Å². The van der Waals surface area contributed by atoms with E-state index in [1.807, 2.05) is 0 Å². The summed E-state index contributed by atoms with van der Waals surface area (Å²) in [5, 5.41) is 6.14. The first-order valence-electron chi connectivity index (χ1n) is 5.32. The van der Waals surface area contributed by atoms with Gasteiger partial charge in [0.25, 0.3) is 0 Å². The molecule has 0 aromatic carbocycles. The van der Waals surface area contributed by atoms with Crippen LogP contribution >= 0.6 is 0 Å². The first-order valence-corrected chi connectivity index (χ1v) is 5.32. The highest BCUT2D eigenvalue weighted by Crippen LogP contribution is 2.35. The van der Waals surface area contributed by atoms with E-state index in [1.54, 1.807) is 0 Å². The fourth-order valence-electron chi connectivity index (χ4n) is 2.39. The van der Waals surface area contributed by atoms with Crippen molar-refractivity contribution in [2.24, 2.45) is 11.3 Å². The van der Waals surface area contributed by atoms with Gasteiger partial charge in [0.05, 0.1) is 0 Å². The maximum Gasteiger partial charge on any atom is 0.407 e. The summed E-state index contributed by atoms with van der Waals surface area (Å²) in [7, 11) is 0. The van der Waals surface area contributed by atoms with Crippen LogP contribution in [-0.2, 0) is 4.74 Å². The zero-order chi connectivity index (χ0) is 10.0. The molecular formula is C10H18N2O2. The highest BCUT2D eigenvalue weighted by Gasteiger charge is 2.39. The summed E-state index contributed by atoms with van der Waals surface area (Å²) in [6.45, 7) is 5.73. The van der Waals surface area contributed by atoms with Gasteiger partial charge in [0, 0.05) is 12.0 Å². The van der Waals surface area contributed by atoms with Crippen LogP contribution in [-0.4, -0.2) is 32.3 Å². The number of nitrogens with one attached hydrogen (secondary N) is 2. The maximum absolute atomic E-state index is 10.9. The van der Waals surface area contributed by atoms with Crippen molar-refractivity contribution >= 4 is 6.09 Å².